The SMILES string of the molecule is CCNC(=NCC(C)(O)c1ccco1)NCC(c1ccc(Cl)cc1)N(C)C.I. The Hall–Kier alpha value is -1.29. The van der Waals surface area contributed by atoms with Crippen molar-refractivity contribution in [3.8, 4) is 0 Å². The molecule has 28 heavy (non-hydrogen) atoms. The third-order valence-corrected chi connectivity index (χ3v) is 4.53. The molecule has 0 aliphatic rings. The van der Waals surface area contributed by atoms with Crippen LogP contribution in [0.2, 0.25) is 5.02 Å². The molecule has 1 aromatic heterocycles. The summed E-state index contributed by atoms with van der Waals surface area (Å²) in [6.07, 6.45) is 1.55. The molecular weight excluding hydrogens is 491 g/mol. The van der Waals surface area contributed by atoms with Gasteiger partial charge < -0.3 is 25.1 Å². The van der Waals surface area contributed by atoms with Crippen LogP contribution in [0.3, 0.4) is 0 Å². The van der Waals surface area contributed by atoms with Crippen molar-refractivity contribution < 1.29 is 9.52 Å². The number of hydrogen-bond donors (Lipinski definition) is 3. The third kappa shape index (κ3) is 7.27. The van der Waals surface area contributed by atoms with Crippen molar-refractivity contribution in [3.05, 3.63) is 59.0 Å². The lowest BCUT2D eigenvalue weighted by Gasteiger charge is -2.26. The van der Waals surface area contributed by atoms with Crippen molar-refractivity contribution >= 4 is 41.5 Å². The molecule has 2 rings (SSSR count). The van der Waals surface area contributed by atoms with E-state index in [0.29, 0.717) is 18.3 Å². The smallest absolute Gasteiger partial charge is 0.191 e. The lowest BCUT2D eigenvalue weighted by Crippen LogP contribution is -2.42. The van der Waals surface area contributed by atoms with Crippen LogP contribution in [0.15, 0.2) is 52.1 Å². The summed E-state index contributed by atoms with van der Waals surface area (Å²) in [6, 6.07) is 11.5. The molecule has 2 aromatic rings. The summed E-state index contributed by atoms with van der Waals surface area (Å²) in [5.74, 6) is 1.14. The highest BCUT2D eigenvalue weighted by atomic mass is 127. The number of nitrogens with zero attached hydrogens (tertiary/aromatic N) is 2. The average molecular weight is 521 g/mol. The summed E-state index contributed by atoms with van der Waals surface area (Å²) in [5.41, 5.74) is -0.00137. The second-order valence-electron chi connectivity index (χ2n) is 6.86. The van der Waals surface area contributed by atoms with Crippen LogP contribution in [0.4, 0.5) is 0 Å². The van der Waals surface area contributed by atoms with Crippen LogP contribution in [-0.2, 0) is 5.60 Å². The first kappa shape index (κ1) is 24.7. The van der Waals surface area contributed by atoms with Gasteiger partial charge in [0, 0.05) is 18.1 Å². The van der Waals surface area contributed by atoms with Gasteiger partial charge in [-0.25, -0.2) is 4.99 Å². The van der Waals surface area contributed by atoms with Gasteiger partial charge in [-0.15, -0.1) is 24.0 Å². The molecule has 0 amide bonds. The van der Waals surface area contributed by atoms with Crippen LogP contribution in [0, 0.1) is 0 Å². The zero-order valence-electron chi connectivity index (χ0n) is 16.8. The molecule has 0 fully saturated rings. The Kier molecular flexibility index (Phi) is 10.3. The van der Waals surface area contributed by atoms with Gasteiger partial charge >= 0.3 is 0 Å². The second-order valence-corrected chi connectivity index (χ2v) is 7.29. The minimum Gasteiger partial charge on any atom is -0.466 e. The number of guanidine groups is 1. The van der Waals surface area contributed by atoms with Crippen molar-refractivity contribution in [2.45, 2.75) is 25.5 Å². The molecular formula is C20H30ClIN4O2. The minimum atomic E-state index is -1.16. The molecule has 0 aliphatic heterocycles. The van der Waals surface area contributed by atoms with Gasteiger partial charge in [-0.1, -0.05) is 23.7 Å². The Labute approximate surface area is 189 Å². The molecule has 6 nitrogen and oxygen atoms in total. The summed E-state index contributed by atoms with van der Waals surface area (Å²) in [6.45, 7) is 5.26. The number of halogens is 2. The van der Waals surface area contributed by atoms with E-state index in [4.69, 9.17) is 16.0 Å². The zero-order valence-corrected chi connectivity index (χ0v) is 19.9. The van der Waals surface area contributed by atoms with Crippen molar-refractivity contribution in [3.63, 3.8) is 0 Å². The van der Waals surface area contributed by atoms with Crippen LogP contribution in [0.25, 0.3) is 0 Å². The third-order valence-electron chi connectivity index (χ3n) is 4.28. The largest absolute Gasteiger partial charge is 0.466 e. The van der Waals surface area contributed by atoms with Crippen molar-refractivity contribution in [1.29, 1.82) is 0 Å². The Bertz CT molecular complexity index is 718. The fraction of sp³-hybridized carbons (Fsp3) is 0.450. The maximum atomic E-state index is 10.6. The minimum absolute atomic E-state index is 0. The number of aliphatic hydroxyl groups is 1. The number of likely N-dealkylation sites (N-methyl/N-ethyl adjacent to an activating group) is 1. The molecule has 1 heterocycles. The first-order valence-corrected chi connectivity index (χ1v) is 9.41. The Morgan fingerprint density at radius 1 is 1.25 bits per heavy atom. The molecule has 1 aromatic carbocycles. The first-order chi connectivity index (χ1) is 12.8. The van der Waals surface area contributed by atoms with Gasteiger partial charge in [-0.2, -0.15) is 0 Å². The van der Waals surface area contributed by atoms with Crippen LogP contribution >= 0.6 is 35.6 Å². The number of benzene rings is 1. The molecule has 156 valence electrons. The molecule has 2 atom stereocenters. The van der Waals surface area contributed by atoms with E-state index in [1.807, 2.05) is 45.3 Å². The van der Waals surface area contributed by atoms with E-state index in [1.165, 1.54) is 0 Å². The van der Waals surface area contributed by atoms with E-state index in [-0.39, 0.29) is 36.6 Å². The molecule has 0 saturated heterocycles. The van der Waals surface area contributed by atoms with E-state index >= 15 is 0 Å². The van der Waals surface area contributed by atoms with Crippen LogP contribution in [0.5, 0.6) is 0 Å². The molecule has 0 radical (unpaired) electrons. The van der Waals surface area contributed by atoms with Crippen LogP contribution in [0.1, 0.15) is 31.2 Å². The first-order valence-electron chi connectivity index (χ1n) is 9.04. The lowest BCUT2D eigenvalue weighted by molar-refractivity contribution is 0.0437. The fourth-order valence-electron chi connectivity index (χ4n) is 2.71. The van der Waals surface area contributed by atoms with E-state index in [9.17, 15) is 5.11 Å². The molecule has 0 aliphatic carbocycles. The molecule has 3 N–H and O–H groups in total. The summed E-state index contributed by atoms with van der Waals surface area (Å²) in [5, 5.41) is 17.9. The van der Waals surface area contributed by atoms with Gasteiger partial charge in [-0.3, -0.25) is 0 Å². The number of furan rings is 1. The normalized spacial score (nSPS) is 14.9. The van der Waals surface area contributed by atoms with Crippen LogP contribution in [-0.4, -0.2) is 49.7 Å². The highest BCUT2D eigenvalue weighted by Gasteiger charge is 2.26. The summed E-state index contributed by atoms with van der Waals surface area (Å²) in [4.78, 5) is 6.66. The monoisotopic (exact) mass is 520 g/mol. The van der Waals surface area contributed by atoms with Gasteiger partial charge in [0.15, 0.2) is 5.96 Å². The topological polar surface area (TPSA) is 73.0 Å². The highest BCUT2D eigenvalue weighted by Crippen LogP contribution is 2.22. The Morgan fingerprint density at radius 2 is 1.93 bits per heavy atom. The Morgan fingerprint density at radius 3 is 2.46 bits per heavy atom. The molecule has 0 saturated carbocycles. The van der Waals surface area contributed by atoms with Crippen LogP contribution < -0.4 is 10.6 Å². The predicted molar refractivity (Wildman–Crippen MR) is 126 cm³/mol. The standard InChI is InChI=1S/C20H29ClN4O2.HI/c1-5-22-19(24-14-20(2,26)18-7-6-12-27-18)23-13-17(25(3)4)15-8-10-16(21)11-9-15;/h6-12,17,26H,5,13-14H2,1-4H3,(H2,22,23,24);1H. The van der Waals surface area contributed by atoms with Gasteiger partial charge in [0.2, 0.25) is 0 Å². The van der Waals surface area contributed by atoms with E-state index in [2.05, 4.69) is 20.5 Å². The number of nitrogens with one attached hydrogen (secondary N) is 2. The fourth-order valence-corrected chi connectivity index (χ4v) is 2.84. The molecule has 2 unspecified atom stereocenters. The summed E-state index contributed by atoms with van der Waals surface area (Å²) < 4.78 is 5.31. The number of hydrogen-bond acceptors (Lipinski definition) is 4. The average Bonchev–Trinajstić information content (AvgIpc) is 3.16. The summed E-state index contributed by atoms with van der Waals surface area (Å²) in [7, 11) is 4.07. The Balaban J connectivity index is 0.00000392. The molecule has 8 heteroatoms. The van der Waals surface area contributed by atoms with Crippen molar-refractivity contribution in [2.75, 3.05) is 33.7 Å². The number of rotatable bonds is 8. The zero-order chi connectivity index (χ0) is 19.9. The van der Waals surface area contributed by atoms with E-state index < -0.39 is 5.60 Å². The number of aliphatic imine (C=N–C) groups is 1. The maximum absolute atomic E-state index is 10.6. The van der Waals surface area contributed by atoms with Crippen molar-refractivity contribution in [2.24, 2.45) is 4.99 Å². The lowest BCUT2D eigenvalue weighted by atomic mass is 10.0. The van der Waals surface area contributed by atoms with E-state index in [1.54, 1.807) is 25.3 Å². The maximum Gasteiger partial charge on any atom is 0.191 e. The van der Waals surface area contributed by atoms with Gasteiger partial charge in [-0.05, 0) is 57.8 Å². The highest BCUT2D eigenvalue weighted by molar-refractivity contribution is 14.0. The quantitative estimate of drug-likeness (QED) is 0.282. The van der Waals surface area contributed by atoms with Gasteiger partial charge in [0.1, 0.15) is 11.4 Å². The molecule has 0 spiro atoms. The van der Waals surface area contributed by atoms with Gasteiger partial charge in [0.25, 0.3) is 0 Å². The predicted octanol–water partition coefficient (Wildman–Crippen LogP) is 3.62. The van der Waals surface area contributed by atoms with Gasteiger partial charge in [0.05, 0.1) is 18.8 Å². The second kappa shape index (κ2) is 11.6. The van der Waals surface area contributed by atoms with E-state index in [0.717, 1.165) is 17.1 Å². The van der Waals surface area contributed by atoms with Crippen molar-refractivity contribution in [1.82, 2.24) is 15.5 Å². The molecule has 0 bridgehead atoms. The summed E-state index contributed by atoms with van der Waals surface area (Å²) >= 11 is 6.00.